The van der Waals surface area contributed by atoms with E-state index in [0.29, 0.717) is 23.1 Å². The van der Waals surface area contributed by atoms with Gasteiger partial charge in [0.15, 0.2) is 0 Å². The highest BCUT2D eigenvalue weighted by Crippen LogP contribution is 2.29. The molecule has 0 aliphatic heterocycles. The van der Waals surface area contributed by atoms with Gasteiger partial charge in [0.05, 0.1) is 11.3 Å². The first-order valence-electron chi connectivity index (χ1n) is 7.44. The van der Waals surface area contributed by atoms with Gasteiger partial charge in [-0.05, 0) is 35.7 Å². The van der Waals surface area contributed by atoms with Crippen molar-refractivity contribution in [2.45, 2.75) is 17.8 Å². The summed E-state index contributed by atoms with van der Waals surface area (Å²) >= 11 is 2.77. The summed E-state index contributed by atoms with van der Waals surface area (Å²) in [5.74, 6) is 0.412. The minimum Gasteiger partial charge on any atom is -0.325 e. The Morgan fingerprint density at radius 2 is 2.00 bits per heavy atom. The summed E-state index contributed by atoms with van der Waals surface area (Å²) in [7, 11) is 0. The van der Waals surface area contributed by atoms with Gasteiger partial charge in [-0.2, -0.15) is 13.2 Å². The first-order valence-corrected chi connectivity index (χ1v) is 9.30. The zero-order valence-electron chi connectivity index (χ0n) is 13.2. The number of hydrogen-bond donors (Lipinski definition) is 2. The lowest BCUT2D eigenvalue weighted by atomic mass is 10.2. The Balaban J connectivity index is 1.49. The molecule has 5 nitrogen and oxygen atoms in total. The number of thioether (sulfide) groups is 1. The SMILES string of the molecule is O=C(CSc1n[nH]c(Cc2cccs2)n1)Nc1ccc(C(F)(F)F)cc1. The molecule has 10 heteroatoms. The highest BCUT2D eigenvalue weighted by molar-refractivity contribution is 7.99. The summed E-state index contributed by atoms with van der Waals surface area (Å²) in [5.41, 5.74) is -0.458. The van der Waals surface area contributed by atoms with Gasteiger partial charge in [0.2, 0.25) is 11.1 Å². The van der Waals surface area contributed by atoms with E-state index in [2.05, 4.69) is 20.5 Å². The number of nitrogens with zero attached hydrogens (tertiary/aromatic N) is 2. The van der Waals surface area contributed by atoms with Gasteiger partial charge in [0, 0.05) is 17.0 Å². The maximum absolute atomic E-state index is 12.5. The molecule has 0 fully saturated rings. The molecule has 0 atom stereocenters. The Labute approximate surface area is 155 Å². The average Bonchev–Trinajstić information content (AvgIpc) is 3.25. The Hall–Kier alpha value is -2.33. The second-order valence-electron chi connectivity index (χ2n) is 5.23. The summed E-state index contributed by atoms with van der Waals surface area (Å²) < 4.78 is 37.5. The molecule has 0 saturated heterocycles. The number of hydrogen-bond acceptors (Lipinski definition) is 5. The van der Waals surface area contributed by atoms with Gasteiger partial charge in [0.25, 0.3) is 0 Å². The number of anilines is 1. The van der Waals surface area contributed by atoms with Gasteiger partial charge >= 0.3 is 6.18 Å². The van der Waals surface area contributed by atoms with Crippen LogP contribution in [0.1, 0.15) is 16.3 Å². The van der Waals surface area contributed by atoms with Crippen molar-refractivity contribution in [3.05, 3.63) is 58.0 Å². The molecule has 1 aromatic carbocycles. The van der Waals surface area contributed by atoms with Crippen molar-refractivity contribution in [1.82, 2.24) is 15.2 Å². The molecule has 0 spiro atoms. The fraction of sp³-hybridized carbons (Fsp3) is 0.188. The molecule has 2 aromatic heterocycles. The second kappa shape index (κ2) is 7.92. The molecule has 0 aliphatic carbocycles. The fourth-order valence-electron chi connectivity index (χ4n) is 2.07. The zero-order valence-corrected chi connectivity index (χ0v) is 14.8. The third-order valence-electron chi connectivity index (χ3n) is 3.26. The quantitative estimate of drug-likeness (QED) is 0.611. The summed E-state index contributed by atoms with van der Waals surface area (Å²) in [6, 6.07) is 8.24. The number of thiophene rings is 1. The van der Waals surface area contributed by atoms with Gasteiger partial charge in [-0.3, -0.25) is 9.89 Å². The Kier molecular flexibility index (Phi) is 5.62. The van der Waals surface area contributed by atoms with Crippen LogP contribution in [-0.2, 0) is 17.4 Å². The number of alkyl halides is 3. The molecule has 2 heterocycles. The minimum absolute atomic E-state index is 0.0529. The number of nitrogens with one attached hydrogen (secondary N) is 2. The van der Waals surface area contributed by atoms with E-state index in [-0.39, 0.29) is 11.7 Å². The fourth-order valence-corrected chi connectivity index (χ4v) is 3.40. The molecule has 0 aliphatic rings. The molecule has 26 heavy (non-hydrogen) atoms. The Morgan fingerprint density at radius 1 is 1.23 bits per heavy atom. The number of amides is 1. The van der Waals surface area contributed by atoms with Gasteiger partial charge < -0.3 is 5.32 Å². The summed E-state index contributed by atoms with van der Waals surface area (Å²) in [5, 5.41) is 11.8. The Morgan fingerprint density at radius 3 is 2.65 bits per heavy atom. The number of carbonyl (C=O) groups excluding carboxylic acids is 1. The molecule has 0 radical (unpaired) electrons. The monoisotopic (exact) mass is 398 g/mol. The molecule has 2 N–H and O–H groups in total. The van der Waals surface area contributed by atoms with Gasteiger partial charge in [0.1, 0.15) is 5.82 Å². The smallest absolute Gasteiger partial charge is 0.325 e. The van der Waals surface area contributed by atoms with E-state index < -0.39 is 11.7 Å². The van der Waals surface area contributed by atoms with Crippen LogP contribution in [0.2, 0.25) is 0 Å². The number of carbonyl (C=O) groups is 1. The van der Waals surface area contributed by atoms with Crippen LogP contribution in [0.5, 0.6) is 0 Å². The van der Waals surface area contributed by atoms with Crippen LogP contribution in [-0.4, -0.2) is 26.8 Å². The van der Waals surface area contributed by atoms with Gasteiger partial charge in [-0.15, -0.1) is 16.4 Å². The largest absolute Gasteiger partial charge is 0.416 e. The number of H-pyrrole nitrogens is 1. The number of aromatic nitrogens is 3. The number of benzene rings is 1. The van der Waals surface area contributed by atoms with Gasteiger partial charge in [-0.25, -0.2) is 4.98 Å². The van der Waals surface area contributed by atoms with Crippen molar-refractivity contribution in [3.63, 3.8) is 0 Å². The predicted molar refractivity (Wildman–Crippen MR) is 94.3 cm³/mol. The third-order valence-corrected chi connectivity index (χ3v) is 4.99. The molecular weight excluding hydrogens is 385 g/mol. The maximum atomic E-state index is 12.5. The van der Waals surface area contributed by atoms with Crippen LogP contribution >= 0.6 is 23.1 Å². The second-order valence-corrected chi connectivity index (χ2v) is 7.21. The summed E-state index contributed by atoms with van der Waals surface area (Å²) in [4.78, 5) is 17.4. The van der Waals surface area contributed by atoms with Crippen LogP contribution in [0.3, 0.4) is 0 Å². The predicted octanol–water partition coefficient (Wildman–Crippen LogP) is 4.21. The highest BCUT2D eigenvalue weighted by atomic mass is 32.2. The lowest BCUT2D eigenvalue weighted by molar-refractivity contribution is -0.137. The van der Waals surface area contributed by atoms with E-state index >= 15 is 0 Å². The van der Waals surface area contributed by atoms with Crippen LogP contribution in [0, 0.1) is 0 Å². The van der Waals surface area contributed by atoms with E-state index in [0.717, 1.165) is 28.8 Å². The number of rotatable bonds is 6. The zero-order chi connectivity index (χ0) is 18.6. The van der Waals surface area contributed by atoms with Crippen molar-refractivity contribution in [2.75, 3.05) is 11.1 Å². The van der Waals surface area contributed by atoms with Crippen molar-refractivity contribution in [1.29, 1.82) is 0 Å². The molecule has 0 unspecified atom stereocenters. The normalized spacial score (nSPS) is 11.5. The molecular formula is C16H13F3N4OS2. The van der Waals surface area contributed by atoms with Crippen molar-refractivity contribution in [3.8, 4) is 0 Å². The van der Waals surface area contributed by atoms with E-state index in [9.17, 15) is 18.0 Å². The highest BCUT2D eigenvalue weighted by Gasteiger charge is 2.29. The molecule has 0 bridgehead atoms. The molecule has 3 aromatic rings. The maximum Gasteiger partial charge on any atom is 0.416 e. The number of aromatic amines is 1. The topological polar surface area (TPSA) is 70.7 Å². The minimum atomic E-state index is -4.40. The molecule has 3 rings (SSSR count). The van der Waals surface area contributed by atoms with Crippen molar-refractivity contribution < 1.29 is 18.0 Å². The van der Waals surface area contributed by atoms with E-state index in [1.807, 2.05) is 17.5 Å². The van der Waals surface area contributed by atoms with E-state index in [1.54, 1.807) is 11.3 Å². The van der Waals surface area contributed by atoms with Gasteiger partial charge in [-0.1, -0.05) is 17.8 Å². The van der Waals surface area contributed by atoms with Crippen molar-refractivity contribution in [2.24, 2.45) is 0 Å². The lowest BCUT2D eigenvalue weighted by Crippen LogP contribution is -2.14. The number of halogens is 3. The van der Waals surface area contributed by atoms with Crippen LogP contribution in [0.15, 0.2) is 46.9 Å². The standard InChI is InChI=1S/C16H13F3N4OS2/c17-16(18,19)10-3-5-11(6-4-10)20-14(24)9-26-15-21-13(22-23-15)8-12-2-1-7-25-12/h1-7H,8-9H2,(H,20,24)(H,21,22,23). The van der Waals surface area contributed by atoms with Crippen LogP contribution in [0.4, 0.5) is 18.9 Å². The van der Waals surface area contributed by atoms with E-state index in [1.165, 1.54) is 12.1 Å². The van der Waals surface area contributed by atoms with Crippen LogP contribution in [0.25, 0.3) is 0 Å². The summed E-state index contributed by atoms with van der Waals surface area (Å²) in [6.45, 7) is 0. The Bertz CT molecular complexity index is 861. The molecule has 0 saturated carbocycles. The molecule has 136 valence electrons. The van der Waals surface area contributed by atoms with Crippen LogP contribution < -0.4 is 5.32 Å². The first kappa shape index (κ1) is 18.5. The lowest BCUT2D eigenvalue weighted by Gasteiger charge is -2.08. The van der Waals surface area contributed by atoms with Crippen molar-refractivity contribution >= 4 is 34.7 Å². The first-order chi connectivity index (χ1) is 12.4. The molecule has 1 amide bonds. The van der Waals surface area contributed by atoms with E-state index in [4.69, 9.17) is 0 Å². The average molecular weight is 398 g/mol. The summed E-state index contributed by atoms with van der Waals surface area (Å²) in [6.07, 6.45) is -3.76. The third kappa shape index (κ3) is 5.09.